The molecular weight excluding hydrogens is 260 g/mol. The zero-order chi connectivity index (χ0) is 14.2. The molecule has 1 aromatic rings. The zero-order valence-corrected chi connectivity index (χ0v) is 11.8. The van der Waals surface area contributed by atoms with Gasteiger partial charge in [0.05, 0.1) is 31.4 Å². The van der Waals surface area contributed by atoms with E-state index in [1.807, 2.05) is 4.57 Å². The van der Waals surface area contributed by atoms with E-state index in [0.29, 0.717) is 32.7 Å². The highest BCUT2D eigenvalue weighted by molar-refractivity contribution is 5.75. The van der Waals surface area contributed by atoms with Gasteiger partial charge in [-0.1, -0.05) is 0 Å². The molecule has 1 aromatic heterocycles. The molecule has 2 N–H and O–H groups in total. The van der Waals surface area contributed by atoms with E-state index in [1.165, 1.54) is 0 Å². The summed E-state index contributed by atoms with van der Waals surface area (Å²) in [4.78, 5) is 15.8. The molecule has 0 aromatic carbocycles. The van der Waals surface area contributed by atoms with Crippen LogP contribution in [0, 0.1) is 0 Å². The number of amides is 1. The molecule has 1 aliphatic heterocycles. The topological polar surface area (TPSA) is 77.4 Å². The molecule has 1 aliphatic rings. The van der Waals surface area contributed by atoms with Crippen LogP contribution in [0.3, 0.4) is 0 Å². The lowest BCUT2D eigenvalue weighted by Crippen LogP contribution is -2.34. The molecule has 20 heavy (non-hydrogen) atoms. The number of carbonyl (C=O) groups is 1. The first kappa shape index (κ1) is 15.0. The highest BCUT2D eigenvalue weighted by Gasteiger charge is 2.19. The Morgan fingerprint density at radius 1 is 1.70 bits per heavy atom. The predicted octanol–water partition coefficient (Wildman–Crippen LogP) is -0.303. The van der Waals surface area contributed by atoms with Gasteiger partial charge in [0.15, 0.2) is 0 Å². The average molecular weight is 282 g/mol. The second kappa shape index (κ2) is 7.98. The van der Waals surface area contributed by atoms with Crippen molar-refractivity contribution in [2.45, 2.75) is 19.1 Å². The Hall–Kier alpha value is -1.44. The Bertz CT molecular complexity index is 416. The van der Waals surface area contributed by atoms with Gasteiger partial charge < -0.3 is 24.7 Å². The molecule has 7 heteroatoms. The molecule has 1 unspecified atom stereocenters. The minimum atomic E-state index is 0.0165. The highest BCUT2D eigenvalue weighted by atomic mass is 16.5. The number of nitrogens with zero attached hydrogens (tertiary/aromatic N) is 2. The third-order valence-electron chi connectivity index (χ3n) is 3.21. The number of methoxy groups -OCH3 is 1. The van der Waals surface area contributed by atoms with E-state index in [-0.39, 0.29) is 12.0 Å². The number of hydrogen-bond donors (Lipinski definition) is 2. The van der Waals surface area contributed by atoms with Crippen molar-refractivity contribution in [2.24, 2.45) is 0 Å². The normalized spacial score (nSPS) is 18.9. The maximum atomic E-state index is 11.7. The summed E-state index contributed by atoms with van der Waals surface area (Å²) in [6, 6.07) is 0. The van der Waals surface area contributed by atoms with E-state index >= 15 is 0 Å². The van der Waals surface area contributed by atoms with Crippen LogP contribution in [0.2, 0.25) is 0 Å². The lowest BCUT2D eigenvalue weighted by molar-refractivity contribution is -0.121. The van der Waals surface area contributed by atoms with Gasteiger partial charge in [-0.15, -0.1) is 0 Å². The van der Waals surface area contributed by atoms with Gasteiger partial charge in [0.2, 0.25) is 5.91 Å². The van der Waals surface area contributed by atoms with E-state index in [1.54, 1.807) is 19.6 Å². The number of aryl methyl sites for hydroxylation is 1. The van der Waals surface area contributed by atoms with Crippen LogP contribution >= 0.6 is 0 Å². The summed E-state index contributed by atoms with van der Waals surface area (Å²) >= 11 is 0. The van der Waals surface area contributed by atoms with E-state index in [0.717, 1.165) is 18.8 Å². The highest BCUT2D eigenvalue weighted by Crippen LogP contribution is 2.18. The van der Waals surface area contributed by atoms with Crippen LogP contribution in [-0.4, -0.2) is 55.4 Å². The van der Waals surface area contributed by atoms with Gasteiger partial charge in [-0.05, 0) is 0 Å². The molecule has 2 rings (SSSR count). The van der Waals surface area contributed by atoms with Crippen LogP contribution in [0.15, 0.2) is 12.5 Å². The second-order valence-electron chi connectivity index (χ2n) is 4.67. The van der Waals surface area contributed by atoms with Crippen molar-refractivity contribution in [3.63, 3.8) is 0 Å². The SMILES string of the molecule is COCCNC(=O)CCn1cncc1C1CNCCO1. The molecule has 0 spiro atoms. The molecule has 1 atom stereocenters. The van der Waals surface area contributed by atoms with Gasteiger partial charge in [-0.25, -0.2) is 4.98 Å². The third kappa shape index (κ3) is 4.29. The van der Waals surface area contributed by atoms with Crippen LogP contribution in [0.25, 0.3) is 0 Å². The minimum Gasteiger partial charge on any atom is -0.383 e. The zero-order valence-electron chi connectivity index (χ0n) is 11.8. The quantitative estimate of drug-likeness (QED) is 0.671. The Morgan fingerprint density at radius 3 is 3.35 bits per heavy atom. The van der Waals surface area contributed by atoms with E-state index < -0.39 is 0 Å². The lowest BCUT2D eigenvalue weighted by atomic mass is 10.2. The summed E-state index contributed by atoms with van der Waals surface area (Å²) in [7, 11) is 1.61. The molecule has 0 radical (unpaired) electrons. The smallest absolute Gasteiger partial charge is 0.221 e. The fraction of sp³-hybridized carbons (Fsp3) is 0.692. The van der Waals surface area contributed by atoms with Crippen molar-refractivity contribution < 1.29 is 14.3 Å². The molecule has 1 saturated heterocycles. The lowest BCUT2D eigenvalue weighted by Gasteiger charge is -2.24. The number of ether oxygens (including phenoxy) is 2. The molecule has 1 amide bonds. The van der Waals surface area contributed by atoms with Crippen molar-refractivity contribution in [1.82, 2.24) is 20.2 Å². The first-order valence-electron chi connectivity index (χ1n) is 6.89. The molecule has 1 fully saturated rings. The predicted molar refractivity (Wildman–Crippen MR) is 73.3 cm³/mol. The summed E-state index contributed by atoms with van der Waals surface area (Å²) in [5.41, 5.74) is 1.02. The fourth-order valence-corrected chi connectivity index (χ4v) is 2.14. The first-order chi connectivity index (χ1) is 9.81. The largest absolute Gasteiger partial charge is 0.383 e. The summed E-state index contributed by atoms with van der Waals surface area (Å²) in [5.74, 6) is 0.0180. The average Bonchev–Trinajstić information content (AvgIpc) is 2.95. The molecule has 0 aliphatic carbocycles. The molecule has 2 heterocycles. The van der Waals surface area contributed by atoms with Crippen molar-refractivity contribution in [3.05, 3.63) is 18.2 Å². The molecule has 112 valence electrons. The molecule has 7 nitrogen and oxygen atoms in total. The summed E-state index contributed by atoms with van der Waals surface area (Å²) in [6.45, 7) is 4.05. The Kier molecular flexibility index (Phi) is 5.97. The van der Waals surface area contributed by atoms with Crippen LogP contribution in [0.4, 0.5) is 0 Å². The summed E-state index contributed by atoms with van der Waals surface area (Å²) in [6.07, 6.45) is 3.99. The fourth-order valence-electron chi connectivity index (χ4n) is 2.14. The second-order valence-corrected chi connectivity index (χ2v) is 4.67. The van der Waals surface area contributed by atoms with Gasteiger partial charge in [0, 0.05) is 39.7 Å². The van der Waals surface area contributed by atoms with Crippen LogP contribution < -0.4 is 10.6 Å². The Labute approximate surface area is 118 Å². The number of morpholine rings is 1. The molecular formula is C13H22N4O3. The van der Waals surface area contributed by atoms with E-state index in [9.17, 15) is 4.79 Å². The molecule has 0 saturated carbocycles. The van der Waals surface area contributed by atoms with Gasteiger partial charge in [-0.2, -0.15) is 0 Å². The number of nitrogens with one attached hydrogen (secondary N) is 2. The Morgan fingerprint density at radius 2 is 2.60 bits per heavy atom. The maximum absolute atomic E-state index is 11.7. The van der Waals surface area contributed by atoms with E-state index in [4.69, 9.17) is 9.47 Å². The van der Waals surface area contributed by atoms with Crippen molar-refractivity contribution in [2.75, 3.05) is 40.0 Å². The van der Waals surface area contributed by atoms with Gasteiger partial charge >= 0.3 is 0 Å². The summed E-state index contributed by atoms with van der Waals surface area (Å²) < 4.78 is 12.6. The standard InChI is InChI=1S/C13H22N4O3/c1-19-6-4-16-13(18)2-5-17-10-15-8-11(17)12-9-14-3-7-20-12/h8,10,12,14H,2-7,9H2,1H3,(H,16,18). The monoisotopic (exact) mass is 282 g/mol. The van der Waals surface area contributed by atoms with Crippen LogP contribution in [-0.2, 0) is 20.8 Å². The number of rotatable bonds is 7. The van der Waals surface area contributed by atoms with Crippen LogP contribution in [0.1, 0.15) is 18.2 Å². The number of hydrogen-bond acceptors (Lipinski definition) is 5. The molecule has 0 bridgehead atoms. The van der Waals surface area contributed by atoms with Crippen molar-refractivity contribution in [1.29, 1.82) is 0 Å². The third-order valence-corrected chi connectivity index (χ3v) is 3.21. The maximum Gasteiger partial charge on any atom is 0.221 e. The Balaban J connectivity index is 1.81. The van der Waals surface area contributed by atoms with Gasteiger partial charge in [0.25, 0.3) is 0 Å². The van der Waals surface area contributed by atoms with Crippen molar-refractivity contribution >= 4 is 5.91 Å². The van der Waals surface area contributed by atoms with Crippen molar-refractivity contribution in [3.8, 4) is 0 Å². The van der Waals surface area contributed by atoms with E-state index in [2.05, 4.69) is 15.6 Å². The number of carbonyl (C=O) groups excluding carboxylic acids is 1. The van der Waals surface area contributed by atoms with Gasteiger partial charge in [0.1, 0.15) is 6.10 Å². The minimum absolute atomic E-state index is 0.0165. The van der Waals surface area contributed by atoms with Crippen LogP contribution in [0.5, 0.6) is 0 Å². The number of imidazole rings is 1. The number of aromatic nitrogens is 2. The van der Waals surface area contributed by atoms with Gasteiger partial charge in [-0.3, -0.25) is 4.79 Å². The first-order valence-corrected chi connectivity index (χ1v) is 6.89. The summed E-state index contributed by atoms with van der Waals surface area (Å²) in [5, 5.41) is 6.09.